The average Bonchev–Trinajstić information content (AvgIpc) is 2.77. The zero-order valence-corrected chi connectivity index (χ0v) is 9.90. The Bertz CT molecular complexity index is 262. The molecule has 0 aromatic rings. The minimum atomic E-state index is -0.899. The monoisotopic (exact) mass is 228 g/mol. The van der Waals surface area contributed by atoms with Crippen molar-refractivity contribution in [3.8, 4) is 0 Å². The van der Waals surface area contributed by atoms with E-state index in [-0.39, 0.29) is 5.91 Å². The molecule has 0 saturated carbocycles. The Balaban J connectivity index is 2.46. The normalized spacial score (nSPS) is 19.5. The molecular weight excluding hydrogens is 208 g/mol. The SMILES string of the molecule is CCC(NC(C)C(=O)N1CCCC1)C(=O)O. The van der Waals surface area contributed by atoms with Gasteiger partial charge in [0.25, 0.3) is 0 Å². The third kappa shape index (κ3) is 3.20. The van der Waals surface area contributed by atoms with Gasteiger partial charge in [0, 0.05) is 13.1 Å². The Hall–Kier alpha value is -1.10. The first-order chi connectivity index (χ1) is 7.56. The second-order valence-corrected chi connectivity index (χ2v) is 4.22. The van der Waals surface area contributed by atoms with E-state index in [0.717, 1.165) is 25.9 Å². The highest BCUT2D eigenvalue weighted by molar-refractivity contribution is 5.83. The van der Waals surface area contributed by atoms with Crippen molar-refractivity contribution in [3.63, 3.8) is 0 Å². The van der Waals surface area contributed by atoms with Gasteiger partial charge in [-0.25, -0.2) is 0 Å². The number of carbonyl (C=O) groups is 2. The van der Waals surface area contributed by atoms with Crippen LogP contribution in [0.5, 0.6) is 0 Å². The van der Waals surface area contributed by atoms with E-state index in [0.29, 0.717) is 6.42 Å². The molecule has 0 aromatic carbocycles. The van der Waals surface area contributed by atoms with Crippen molar-refractivity contribution in [2.24, 2.45) is 0 Å². The zero-order valence-electron chi connectivity index (χ0n) is 9.90. The van der Waals surface area contributed by atoms with Crippen molar-refractivity contribution in [2.75, 3.05) is 13.1 Å². The Morgan fingerprint density at radius 3 is 2.38 bits per heavy atom. The molecule has 1 heterocycles. The molecular formula is C11H20N2O3. The van der Waals surface area contributed by atoms with E-state index in [1.165, 1.54) is 0 Å². The summed E-state index contributed by atoms with van der Waals surface area (Å²) in [4.78, 5) is 24.5. The maximum atomic E-state index is 11.9. The standard InChI is InChI=1S/C11H20N2O3/c1-3-9(11(15)16)12-8(2)10(14)13-6-4-5-7-13/h8-9,12H,3-7H2,1-2H3,(H,15,16). The van der Waals surface area contributed by atoms with Crippen LogP contribution in [0.15, 0.2) is 0 Å². The van der Waals surface area contributed by atoms with E-state index in [1.54, 1.807) is 18.7 Å². The van der Waals surface area contributed by atoms with Gasteiger partial charge in [-0.05, 0) is 26.2 Å². The van der Waals surface area contributed by atoms with E-state index in [9.17, 15) is 9.59 Å². The number of carbonyl (C=O) groups excluding carboxylic acids is 1. The van der Waals surface area contributed by atoms with Gasteiger partial charge in [0.15, 0.2) is 0 Å². The molecule has 5 nitrogen and oxygen atoms in total. The molecule has 1 amide bonds. The summed E-state index contributed by atoms with van der Waals surface area (Å²) >= 11 is 0. The number of nitrogens with zero attached hydrogens (tertiary/aromatic N) is 1. The first-order valence-electron chi connectivity index (χ1n) is 5.84. The molecule has 2 N–H and O–H groups in total. The van der Waals surface area contributed by atoms with Crippen LogP contribution in [0.3, 0.4) is 0 Å². The fourth-order valence-electron chi connectivity index (χ4n) is 1.95. The summed E-state index contributed by atoms with van der Waals surface area (Å²) in [5.74, 6) is -0.888. The maximum absolute atomic E-state index is 11.9. The van der Waals surface area contributed by atoms with Crippen LogP contribution in [0, 0.1) is 0 Å². The highest BCUT2D eigenvalue weighted by atomic mass is 16.4. The summed E-state index contributed by atoms with van der Waals surface area (Å²) in [7, 11) is 0. The lowest BCUT2D eigenvalue weighted by Gasteiger charge is -2.23. The molecule has 1 fully saturated rings. The van der Waals surface area contributed by atoms with Crippen molar-refractivity contribution in [2.45, 2.75) is 45.2 Å². The van der Waals surface area contributed by atoms with Crippen molar-refractivity contribution in [1.82, 2.24) is 10.2 Å². The molecule has 0 radical (unpaired) electrons. The van der Waals surface area contributed by atoms with E-state index in [1.807, 2.05) is 0 Å². The highest BCUT2D eigenvalue weighted by Crippen LogP contribution is 2.09. The molecule has 0 bridgehead atoms. The first kappa shape index (κ1) is 13.0. The number of aliphatic carboxylic acids is 1. The third-order valence-corrected chi connectivity index (χ3v) is 2.95. The van der Waals surface area contributed by atoms with Gasteiger partial charge >= 0.3 is 5.97 Å². The number of carboxylic acids is 1. The van der Waals surface area contributed by atoms with Gasteiger partial charge in [0.05, 0.1) is 6.04 Å². The number of rotatable bonds is 5. The molecule has 92 valence electrons. The summed E-state index contributed by atoms with van der Waals surface area (Å²) in [5.41, 5.74) is 0. The van der Waals surface area contributed by atoms with Crippen LogP contribution in [0.4, 0.5) is 0 Å². The molecule has 1 saturated heterocycles. The van der Waals surface area contributed by atoms with E-state index in [2.05, 4.69) is 5.32 Å². The van der Waals surface area contributed by atoms with Crippen LogP contribution in [0.25, 0.3) is 0 Å². The second-order valence-electron chi connectivity index (χ2n) is 4.22. The summed E-state index contributed by atoms with van der Waals surface area (Å²) in [6, 6.07) is -1.05. The van der Waals surface area contributed by atoms with Crippen LogP contribution < -0.4 is 5.32 Å². The number of hydrogen-bond donors (Lipinski definition) is 2. The summed E-state index contributed by atoms with van der Waals surface area (Å²) in [6.07, 6.45) is 2.58. The van der Waals surface area contributed by atoms with Crippen LogP contribution in [0.2, 0.25) is 0 Å². The molecule has 2 atom stereocenters. The van der Waals surface area contributed by atoms with Gasteiger partial charge < -0.3 is 10.0 Å². The smallest absolute Gasteiger partial charge is 0.320 e. The average molecular weight is 228 g/mol. The van der Waals surface area contributed by atoms with E-state index >= 15 is 0 Å². The number of carboxylic acid groups (broad SMARTS) is 1. The molecule has 16 heavy (non-hydrogen) atoms. The number of likely N-dealkylation sites (tertiary alicyclic amines) is 1. The van der Waals surface area contributed by atoms with Crippen LogP contribution in [-0.2, 0) is 9.59 Å². The number of hydrogen-bond acceptors (Lipinski definition) is 3. The molecule has 0 aliphatic carbocycles. The lowest BCUT2D eigenvalue weighted by atomic mass is 10.2. The van der Waals surface area contributed by atoms with Gasteiger partial charge in [-0.3, -0.25) is 14.9 Å². The van der Waals surface area contributed by atoms with Crippen molar-refractivity contribution >= 4 is 11.9 Å². The fraction of sp³-hybridized carbons (Fsp3) is 0.818. The summed E-state index contributed by atoms with van der Waals surface area (Å²) in [5, 5.41) is 11.7. The van der Waals surface area contributed by atoms with Crippen molar-refractivity contribution in [3.05, 3.63) is 0 Å². The number of nitrogens with one attached hydrogen (secondary N) is 1. The van der Waals surface area contributed by atoms with Gasteiger partial charge in [-0.1, -0.05) is 6.92 Å². The maximum Gasteiger partial charge on any atom is 0.320 e. The second kappa shape index (κ2) is 5.84. The van der Waals surface area contributed by atoms with Crippen LogP contribution >= 0.6 is 0 Å². The number of amides is 1. The van der Waals surface area contributed by atoms with Gasteiger partial charge in [-0.2, -0.15) is 0 Å². The largest absolute Gasteiger partial charge is 0.480 e. The lowest BCUT2D eigenvalue weighted by Crippen LogP contribution is -2.49. The molecule has 2 unspecified atom stereocenters. The highest BCUT2D eigenvalue weighted by Gasteiger charge is 2.26. The van der Waals surface area contributed by atoms with E-state index < -0.39 is 18.1 Å². The Labute approximate surface area is 95.8 Å². The zero-order chi connectivity index (χ0) is 12.1. The quantitative estimate of drug-likeness (QED) is 0.717. The summed E-state index contributed by atoms with van der Waals surface area (Å²) < 4.78 is 0. The molecule has 1 aliphatic rings. The topological polar surface area (TPSA) is 69.6 Å². The van der Waals surface area contributed by atoms with Crippen molar-refractivity contribution < 1.29 is 14.7 Å². The van der Waals surface area contributed by atoms with Crippen LogP contribution in [0.1, 0.15) is 33.1 Å². The predicted octanol–water partition coefficient (Wildman–Crippen LogP) is 0.450. The fourth-order valence-corrected chi connectivity index (χ4v) is 1.95. The van der Waals surface area contributed by atoms with Crippen LogP contribution in [-0.4, -0.2) is 47.1 Å². The molecule has 1 rings (SSSR count). The first-order valence-corrected chi connectivity index (χ1v) is 5.84. The molecule has 5 heteroatoms. The van der Waals surface area contributed by atoms with Crippen molar-refractivity contribution in [1.29, 1.82) is 0 Å². The predicted molar refractivity (Wildman–Crippen MR) is 60.1 cm³/mol. The Kier molecular flexibility index (Phi) is 4.73. The molecule has 1 aliphatic heterocycles. The minimum absolute atomic E-state index is 0.0113. The van der Waals surface area contributed by atoms with Gasteiger partial charge in [0.2, 0.25) is 5.91 Å². The molecule has 0 spiro atoms. The third-order valence-electron chi connectivity index (χ3n) is 2.95. The molecule has 0 aromatic heterocycles. The lowest BCUT2D eigenvalue weighted by molar-refractivity contribution is -0.140. The van der Waals surface area contributed by atoms with E-state index in [4.69, 9.17) is 5.11 Å². The summed E-state index contributed by atoms with van der Waals surface area (Å²) in [6.45, 7) is 5.12. The van der Waals surface area contributed by atoms with Gasteiger partial charge in [-0.15, -0.1) is 0 Å². The van der Waals surface area contributed by atoms with Gasteiger partial charge in [0.1, 0.15) is 6.04 Å². The Morgan fingerprint density at radius 2 is 1.94 bits per heavy atom. The minimum Gasteiger partial charge on any atom is -0.480 e. The Morgan fingerprint density at radius 1 is 1.38 bits per heavy atom.